The highest BCUT2D eigenvalue weighted by Crippen LogP contribution is 2.24. The SMILES string of the molecule is CCC(C)C(C)CCC(NC)C(C)CC(C)C. The summed E-state index contributed by atoms with van der Waals surface area (Å²) in [6, 6.07) is 0.698. The Balaban J connectivity index is 4.04. The Bertz CT molecular complexity index is 176. The average molecular weight is 241 g/mol. The second-order valence-corrected chi connectivity index (χ2v) is 6.44. The molecule has 17 heavy (non-hydrogen) atoms. The zero-order chi connectivity index (χ0) is 13.4. The van der Waals surface area contributed by atoms with Gasteiger partial charge in [-0.1, -0.05) is 48.0 Å². The van der Waals surface area contributed by atoms with Gasteiger partial charge in [-0.15, -0.1) is 0 Å². The standard InChI is InChI=1S/C16H35N/c1-8-13(4)14(5)9-10-16(17-7)15(6)11-12(2)3/h12-17H,8-11H2,1-7H3. The average Bonchev–Trinajstić information content (AvgIpc) is 2.27. The predicted octanol–water partition coefficient (Wildman–Crippen LogP) is 4.72. The number of nitrogens with one attached hydrogen (secondary N) is 1. The first kappa shape index (κ1) is 17.0. The summed E-state index contributed by atoms with van der Waals surface area (Å²) in [5, 5.41) is 3.52. The molecule has 0 rings (SSSR count). The van der Waals surface area contributed by atoms with Crippen molar-refractivity contribution in [2.24, 2.45) is 23.7 Å². The van der Waals surface area contributed by atoms with E-state index in [1.54, 1.807) is 0 Å². The van der Waals surface area contributed by atoms with Crippen molar-refractivity contribution < 1.29 is 0 Å². The van der Waals surface area contributed by atoms with Crippen molar-refractivity contribution in [3.63, 3.8) is 0 Å². The van der Waals surface area contributed by atoms with Crippen LogP contribution in [0.4, 0.5) is 0 Å². The molecule has 0 aliphatic rings. The van der Waals surface area contributed by atoms with E-state index >= 15 is 0 Å². The number of rotatable bonds is 9. The van der Waals surface area contributed by atoms with Crippen LogP contribution < -0.4 is 5.32 Å². The number of hydrogen-bond acceptors (Lipinski definition) is 1. The lowest BCUT2D eigenvalue weighted by atomic mass is 9.84. The van der Waals surface area contributed by atoms with E-state index in [4.69, 9.17) is 0 Å². The maximum Gasteiger partial charge on any atom is 0.00898 e. The first-order chi connectivity index (χ1) is 7.92. The van der Waals surface area contributed by atoms with Crippen molar-refractivity contribution in [2.75, 3.05) is 7.05 Å². The van der Waals surface area contributed by atoms with Crippen LogP contribution in [0.5, 0.6) is 0 Å². The van der Waals surface area contributed by atoms with Crippen molar-refractivity contribution in [2.45, 2.75) is 73.3 Å². The van der Waals surface area contributed by atoms with Crippen LogP contribution in [0, 0.1) is 23.7 Å². The van der Waals surface area contributed by atoms with E-state index in [1.165, 1.54) is 25.7 Å². The van der Waals surface area contributed by atoms with E-state index < -0.39 is 0 Å². The van der Waals surface area contributed by atoms with Gasteiger partial charge in [-0.05, 0) is 50.0 Å². The maximum atomic E-state index is 3.52. The van der Waals surface area contributed by atoms with Gasteiger partial charge < -0.3 is 5.32 Å². The van der Waals surface area contributed by atoms with Crippen molar-refractivity contribution in [3.05, 3.63) is 0 Å². The largest absolute Gasteiger partial charge is 0.317 e. The summed E-state index contributed by atoms with van der Waals surface area (Å²) >= 11 is 0. The van der Waals surface area contributed by atoms with Crippen LogP contribution >= 0.6 is 0 Å². The molecule has 0 aromatic heterocycles. The molecule has 0 aromatic carbocycles. The summed E-state index contributed by atoms with van der Waals surface area (Å²) in [5.41, 5.74) is 0. The molecule has 0 heterocycles. The molecule has 0 fully saturated rings. The predicted molar refractivity (Wildman–Crippen MR) is 79.3 cm³/mol. The van der Waals surface area contributed by atoms with E-state index in [9.17, 15) is 0 Å². The Hall–Kier alpha value is -0.0400. The minimum Gasteiger partial charge on any atom is -0.317 e. The third-order valence-electron chi connectivity index (χ3n) is 4.45. The highest BCUT2D eigenvalue weighted by molar-refractivity contribution is 4.74. The maximum absolute atomic E-state index is 3.52. The number of hydrogen-bond donors (Lipinski definition) is 1. The van der Waals surface area contributed by atoms with Gasteiger partial charge in [0, 0.05) is 6.04 Å². The Morgan fingerprint density at radius 3 is 1.82 bits per heavy atom. The lowest BCUT2D eigenvalue weighted by Crippen LogP contribution is -2.33. The fourth-order valence-electron chi connectivity index (χ4n) is 2.75. The van der Waals surface area contributed by atoms with Gasteiger partial charge in [0.05, 0.1) is 0 Å². The van der Waals surface area contributed by atoms with Crippen molar-refractivity contribution in [1.82, 2.24) is 5.32 Å². The molecule has 0 saturated carbocycles. The molecule has 0 saturated heterocycles. The molecule has 0 radical (unpaired) electrons. The van der Waals surface area contributed by atoms with E-state index in [2.05, 4.69) is 53.9 Å². The van der Waals surface area contributed by atoms with Gasteiger partial charge in [0.2, 0.25) is 0 Å². The van der Waals surface area contributed by atoms with Gasteiger partial charge in [-0.2, -0.15) is 0 Å². The fourth-order valence-corrected chi connectivity index (χ4v) is 2.75. The van der Waals surface area contributed by atoms with E-state index in [-0.39, 0.29) is 0 Å². The molecule has 4 atom stereocenters. The second kappa shape index (κ2) is 8.97. The Labute approximate surface area is 110 Å². The van der Waals surface area contributed by atoms with Crippen LogP contribution in [-0.2, 0) is 0 Å². The quantitative estimate of drug-likeness (QED) is 0.616. The molecule has 1 nitrogen and oxygen atoms in total. The molecule has 0 aliphatic carbocycles. The topological polar surface area (TPSA) is 12.0 Å². The van der Waals surface area contributed by atoms with Crippen LogP contribution in [0.15, 0.2) is 0 Å². The highest BCUT2D eigenvalue weighted by Gasteiger charge is 2.18. The van der Waals surface area contributed by atoms with Gasteiger partial charge in [-0.3, -0.25) is 0 Å². The third kappa shape index (κ3) is 7.08. The minimum atomic E-state index is 0.698. The van der Waals surface area contributed by atoms with Crippen LogP contribution in [0.2, 0.25) is 0 Å². The summed E-state index contributed by atoms with van der Waals surface area (Å²) in [4.78, 5) is 0. The molecule has 1 N–H and O–H groups in total. The second-order valence-electron chi connectivity index (χ2n) is 6.44. The molecular formula is C16H35N. The van der Waals surface area contributed by atoms with Gasteiger partial charge in [0.25, 0.3) is 0 Å². The molecule has 0 amide bonds. The first-order valence-electron chi connectivity index (χ1n) is 7.59. The van der Waals surface area contributed by atoms with Crippen LogP contribution in [-0.4, -0.2) is 13.1 Å². The molecule has 0 bridgehead atoms. The van der Waals surface area contributed by atoms with Crippen LogP contribution in [0.1, 0.15) is 67.2 Å². The smallest absolute Gasteiger partial charge is 0.00898 e. The lowest BCUT2D eigenvalue weighted by Gasteiger charge is -2.27. The normalized spacial score (nSPS) is 19.1. The third-order valence-corrected chi connectivity index (χ3v) is 4.45. The molecule has 1 heteroatoms. The van der Waals surface area contributed by atoms with Gasteiger partial charge in [0.1, 0.15) is 0 Å². The van der Waals surface area contributed by atoms with Gasteiger partial charge >= 0.3 is 0 Å². The van der Waals surface area contributed by atoms with Crippen molar-refractivity contribution in [1.29, 1.82) is 0 Å². The first-order valence-corrected chi connectivity index (χ1v) is 7.59. The Morgan fingerprint density at radius 2 is 1.41 bits per heavy atom. The fraction of sp³-hybridized carbons (Fsp3) is 1.00. The summed E-state index contributed by atoms with van der Waals surface area (Å²) in [6.07, 6.45) is 5.34. The summed E-state index contributed by atoms with van der Waals surface area (Å²) in [5.74, 6) is 3.34. The highest BCUT2D eigenvalue weighted by atomic mass is 14.9. The lowest BCUT2D eigenvalue weighted by molar-refractivity contribution is 0.277. The minimum absolute atomic E-state index is 0.698. The van der Waals surface area contributed by atoms with Crippen molar-refractivity contribution >= 4 is 0 Å². The zero-order valence-corrected chi connectivity index (χ0v) is 13.2. The Morgan fingerprint density at radius 1 is 0.824 bits per heavy atom. The summed E-state index contributed by atoms with van der Waals surface area (Å²) in [7, 11) is 2.12. The molecule has 104 valence electrons. The van der Waals surface area contributed by atoms with E-state index in [0.717, 1.165) is 23.7 Å². The zero-order valence-electron chi connectivity index (χ0n) is 13.2. The van der Waals surface area contributed by atoms with Crippen LogP contribution in [0.25, 0.3) is 0 Å². The molecule has 0 aliphatic heterocycles. The summed E-state index contributed by atoms with van der Waals surface area (Å²) in [6.45, 7) is 14.1. The monoisotopic (exact) mass is 241 g/mol. The van der Waals surface area contributed by atoms with E-state index in [1.807, 2.05) is 0 Å². The van der Waals surface area contributed by atoms with Gasteiger partial charge in [-0.25, -0.2) is 0 Å². The molecular weight excluding hydrogens is 206 g/mol. The molecule has 0 aromatic rings. The van der Waals surface area contributed by atoms with Gasteiger partial charge in [0.15, 0.2) is 0 Å². The molecule has 0 spiro atoms. The molecule has 4 unspecified atom stereocenters. The summed E-state index contributed by atoms with van der Waals surface area (Å²) < 4.78 is 0. The van der Waals surface area contributed by atoms with Crippen molar-refractivity contribution in [3.8, 4) is 0 Å². The Kier molecular flexibility index (Phi) is 8.94. The van der Waals surface area contributed by atoms with E-state index in [0.29, 0.717) is 6.04 Å². The van der Waals surface area contributed by atoms with Crippen LogP contribution in [0.3, 0.4) is 0 Å².